The Balaban J connectivity index is 2.18. The lowest BCUT2D eigenvalue weighted by Crippen LogP contribution is -2.14. The van der Waals surface area contributed by atoms with E-state index in [1.54, 1.807) is 0 Å². The Morgan fingerprint density at radius 1 is 1.05 bits per heavy atom. The van der Waals surface area contributed by atoms with Crippen molar-refractivity contribution >= 4 is 11.6 Å². The van der Waals surface area contributed by atoms with Crippen LogP contribution in [-0.2, 0) is 6.42 Å². The van der Waals surface area contributed by atoms with Gasteiger partial charge in [0.25, 0.3) is 5.91 Å². The third kappa shape index (κ3) is 3.49. The molecular formula is C18H18N2O. The van der Waals surface area contributed by atoms with Crippen LogP contribution >= 0.6 is 0 Å². The highest BCUT2D eigenvalue weighted by Gasteiger charge is 2.11. The first-order chi connectivity index (χ1) is 10.0. The molecule has 0 spiro atoms. The van der Waals surface area contributed by atoms with Crippen molar-refractivity contribution in [2.45, 2.75) is 27.2 Å². The fraction of sp³-hybridized carbons (Fsp3) is 0.222. The molecule has 0 aromatic heterocycles. The maximum absolute atomic E-state index is 12.3. The van der Waals surface area contributed by atoms with Crippen LogP contribution in [0, 0.1) is 32.1 Å². The molecule has 2 aromatic rings. The number of amides is 1. The van der Waals surface area contributed by atoms with Gasteiger partial charge in [0.1, 0.15) is 0 Å². The smallest absolute Gasteiger partial charge is 0.255 e. The number of carbonyl (C=O) groups is 1. The van der Waals surface area contributed by atoms with E-state index >= 15 is 0 Å². The average Bonchev–Trinajstić information content (AvgIpc) is 2.45. The molecule has 0 aliphatic heterocycles. The standard InChI is InChI=1S/C18H18N2O/c1-12-10-14(3)17(11-13(12)2)18(21)20-16-6-4-15(5-7-16)8-9-19/h4-7,10-11H,8H2,1-3H3,(H,20,21). The van der Waals surface area contributed by atoms with Crippen LogP contribution in [0.2, 0.25) is 0 Å². The molecule has 0 saturated heterocycles. The van der Waals surface area contributed by atoms with Gasteiger partial charge in [0, 0.05) is 11.3 Å². The summed E-state index contributed by atoms with van der Waals surface area (Å²) >= 11 is 0. The Labute approximate surface area is 125 Å². The van der Waals surface area contributed by atoms with Crippen molar-refractivity contribution < 1.29 is 4.79 Å². The van der Waals surface area contributed by atoms with E-state index in [0.29, 0.717) is 12.0 Å². The molecule has 3 heteroatoms. The van der Waals surface area contributed by atoms with Crippen LogP contribution in [0.15, 0.2) is 36.4 Å². The van der Waals surface area contributed by atoms with Crippen molar-refractivity contribution in [3.8, 4) is 6.07 Å². The minimum atomic E-state index is -0.108. The predicted octanol–water partition coefficient (Wildman–Crippen LogP) is 3.93. The second kappa shape index (κ2) is 6.23. The molecule has 0 radical (unpaired) electrons. The molecule has 3 nitrogen and oxygen atoms in total. The van der Waals surface area contributed by atoms with Crippen molar-refractivity contribution in [3.05, 3.63) is 64.2 Å². The lowest BCUT2D eigenvalue weighted by molar-refractivity contribution is 0.102. The molecule has 1 N–H and O–H groups in total. The molecule has 0 fully saturated rings. The summed E-state index contributed by atoms with van der Waals surface area (Å²) in [5.74, 6) is -0.108. The minimum Gasteiger partial charge on any atom is -0.322 e. The van der Waals surface area contributed by atoms with Crippen LogP contribution in [0.4, 0.5) is 5.69 Å². The molecule has 0 aliphatic carbocycles. The molecule has 0 heterocycles. The Bertz CT molecular complexity index is 709. The quantitative estimate of drug-likeness (QED) is 0.924. The zero-order chi connectivity index (χ0) is 15.4. The maximum Gasteiger partial charge on any atom is 0.255 e. The molecule has 21 heavy (non-hydrogen) atoms. The van der Waals surface area contributed by atoms with Crippen LogP contribution in [0.25, 0.3) is 0 Å². The van der Waals surface area contributed by atoms with Crippen molar-refractivity contribution in [2.75, 3.05) is 5.32 Å². The number of rotatable bonds is 3. The van der Waals surface area contributed by atoms with E-state index in [1.807, 2.05) is 57.2 Å². The number of nitrogens with zero attached hydrogens (tertiary/aromatic N) is 1. The lowest BCUT2D eigenvalue weighted by atomic mass is 10.0. The first kappa shape index (κ1) is 14.8. The van der Waals surface area contributed by atoms with Gasteiger partial charge in [-0.25, -0.2) is 0 Å². The van der Waals surface area contributed by atoms with Gasteiger partial charge in [-0.3, -0.25) is 4.79 Å². The molecular weight excluding hydrogens is 260 g/mol. The molecule has 2 rings (SSSR count). The van der Waals surface area contributed by atoms with E-state index in [-0.39, 0.29) is 5.91 Å². The van der Waals surface area contributed by atoms with Gasteiger partial charge in [0.05, 0.1) is 12.5 Å². The number of hydrogen-bond acceptors (Lipinski definition) is 2. The van der Waals surface area contributed by atoms with Gasteiger partial charge < -0.3 is 5.32 Å². The van der Waals surface area contributed by atoms with Crippen molar-refractivity contribution in [2.24, 2.45) is 0 Å². The van der Waals surface area contributed by atoms with Crippen molar-refractivity contribution in [1.29, 1.82) is 5.26 Å². The summed E-state index contributed by atoms with van der Waals surface area (Å²) < 4.78 is 0. The third-order valence-corrected chi connectivity index (χ3v) is 3.58. The van der Waals surface area contributed by atoms with Gasteiger partial charge in [-0.15, -0.1) is 0 Å². The molecule has 0 unspecified atom stereocenters. The summed E-state index contributed by atoms with van der Waals surface area (Å²) in [4.78, 5) is 12.3. The van der Waals surface area contributed by atoms with Crippen LogP contribution in [0.3, 0.4) is 0 Å². The number of benzene rings is 2. The summed E-state index contributed by atoms with van der Waals surface area (Å²) in [5.41, 5.74) is 5.63. The van der Waals surface area contributed by atoms with Crippen LogP contribution in [0.5, 0.6) is 0 Å². The van der Waals surface area contributed by atoms with E-state index in [9.17, 15) is 4.79 Å². The number of nitriles is 1. The maximum atomic E-state index is 12.3. The lowest BCUT2D eigenvalue weighted by Gasteiger charge is -2.10. The average molecular weight is 278 g/mol. The van der Waals surface area contributed by atoms with Crippen molar-refractivity contribution in [3.63, 3.8) is 0 Å². The van der Waals surface area contributed by atoms with Gasteiger partial charge in [-0.1, -0.05) is 18.2 Å². The van der Waals surface area contributed by atoms with Gasteiger partial charge in [-0.2, -0.15) is 5.26 Å². The summed E-state index contributed by atoms with van der Waals surface area (Å²) in [6.45, 7) is 5.98. The normalized spacial score (nSPS) is 10.0. The SMILES string of the molecule is Cc1cc(C)c(C(=O)Nc2ccc(CC#N)cc2)cc1C. The number of hydrogen-bond donors (Lipinski definition) is 1. The molecule has 0 atom stereocenters. The summed E-state index contributed by atoms with van der Waals surface area (Å²) in [5, 5.41) is 11.5. The van der Waals surface area contributed by atoms with E-state index in [0.717, 1.165) is 22.4 Å². The van der Waals surface area contributed by atoms with E-state index in [1.165, 1.54) is 5.56 Å². The Hall–Kier alpha value is -2.60. The molecule has 106 valence electrons. The molecule has 0 bridgehead atoms. The van der Waals surface area contributed by atoms with Crippen LogP contribution < -0.4 is 5.32 Å². The first-order valence-electron chi connectivity index (χ1n) is 6.86. The number of carbonyl (C=O) groups excluding carboxylic acids is 1. The molecule has 1 amide bonds. The molecule has 2 aromatic carbocycles. The summed E-state index contributed by atoms with van der Waals surface area (Å²) in [6, 6.07) is 13.4. The number of aryl methyl sites for hydroxylation is 3. The van der Waals surface area contributed by atoms with Gasteiger partial charge >= 0.3 is 0 Å². The highest BCUT2D eigenvalue weighted by atomic mass is 16.1. The van der Waals surface area contributed by atoms with Crippen LogP contribution in [-0.4, -0.2) is 5.91 Å². The van der Waals surface area contributed by atoms with Crippen LogP contribution in [0.1, 0.15) is 32.6 Å². The summed E-state index contributed by atoms with van der Waals surface area (Å²) in [7, 11) is 0. The van der Waals surface area contributed by atoms with Gasteiger partial charge in [0.15, 0.2) is 0 Å². The van der Waals surface area contributed by atoms with Gasteiger partial charge in [0.2, 0.25) is 0 Å². The number of nitrogens with one attached hydrogen (secondary N) is 1. The Morgan fingerprint density at radius 3 is 2.29 bits per heavy atom. The molecule has 0 aliphatic rings. The van der Waals surface area contributed by atoms with Crippen molar-refractivity contribution in [1.82, 2.24) is 0 Å². The Morgan fingerprint density at radius 2 is 1.67 bits per heavy atom. The first-order valence-corrected chi connectivity index (χ1v) is 6.86. The largest absolute Gasteiger partial charge is 0.322 e. The topological polar surface area (TPSA) is 52.9 Å². The van der Waals surface area contributed by atoms with E-state index in [2.05, 4.69) is 11.4 Å². The fourth-order valence-corrected chi connectivity index (χ4v) is 2.20. The zero-order valence-electron chi connectivity index (χ0n) is 12.5. The number of anilines is 1. The second-order valence-corrected chi connectivity index (χ2v) is 5.24. The highest BCUT2D eigenvalue weighted by Crippen LogP contribution is 2.17. The minimum absolute atomic E-state index is 0.108. The third-order valence-electron chi connectivity index (χ3n) is 3.58. The second-order valence-electron chi connectivity index (χ2n) is 5.24. The zero-order valence-corrected chi connectivity index (χ0v) is 12.5. The molecule has 0 saturated carbocycles. The summed E-state index contributed by atoms with van der Waals surface area (Å²) in [6.07, 6.45) is 0.379. The Kier molecular flexibility index (Phi) is 4.39. The monoisotopic (exact) mass is 278 g/mol. The van der Waals surface area contributed by atoms with E-state index in [4.69, 9.17) is 5.26 Å². The predicted molar refractivity (Wildman–Crippen MR) is 84.4 cm³/mol. The fourth-order valence-electron chi connectivity index (χ4n) is 2.20. The van der Waals surface area contributed by atoms with E-state index < -0.39 is 0 Å². The van der Waals surface area contributed by atoms with Gasteiger partial charge in [-0.05, 0) is 61.2 Å². The highest BCUT2D eigenvalue weighted by molar-refractivity contribution is 6.05.